The van der Waals surface area contributed by atoms with E-state index >= 15 is 0 Å². The highest BCUT2D eigenvalue weighted by Gasteiger charge is 2.17. The van der Waals surface area contributed by atoms with Gasteiger partial charge in [-0.1, -0.05) is 30.3 Å². The maximum Gasteiger partial charge on any atom is 0.124 e. The lowest BCUT2D eigenvalue weighted by Gasteiger charge is -2.18. The number of aliphatic hydroxyl groups excluding tert-OH is 1. The van der Waals surface area contributed by atoms with Crippen molar-refractivity contribution in [3.63, 3.8) is 0 Å². The Labute approximate surface area is 100 Å². The average molecular weight is 232 g/mol. The minimum Gasteiger partial charge on any atom is -0.394 e. The van der Waals surface area contributed by atoms with Crippen molar-refractivity contribution in [3.05, 3.63) is 53.9 Å². The summed E-state index contributed by atoms with van der Waals surface area (Å²) < 4.78 is 7.48. The number of nitrogens with zero attached hydrogens (tertiary/aromatic N) is 2. The van der Waals surface area contributed by atoms with Gasteiger partial charge in [-0.25, -0.2) is 0 Å². The van der Waals surface area contributed by atoms with Gasteiger partial charge in [0.25, 0.3) is 0 Å². The first-order valence-corrected chi connectivity index (χ1v) is 5.58. The van der Waals surface area contributed by atoms with Crippen molar-refractivity contribution in [2.24, 2.45) is 7.05 Å². The standard InChI is InChI=1S/C13H16N2O2/c1-15-12(7-8-14-15)13(17-10-9-16)11-5-3-2-4-6-11/h2-8,13,16H,9-10H2,1H3. The summed E-state index contributed by atoms with van der Waals surface area (Å²) in [4.78, 5) is 0. The van der Waals surface area contributed by atoms with Crippen LogP contribution in [0.1, 0.15) is 17.4 Å². The van der Waals surface area contributed by atoms with Gasteiger partial charge < -0.3 is 9.84 Å². The molecule has 0 fully saturated rings. The lowest BCUT2D eigenvalue weighted by molar-refractivity contribution is 0.0460. The Morgan fingerprint density at radius 1 is 1.29 bits per heavy atom. The molecular formula is C13H16N2O2. The molecule has 1 atom stereocenters. The maximum absolute atomic E-state index is 8.88. The van der Waals surface area contributed by atoms with E-state index < -0.39 is 0 Å². The monoisotopic (exact) mass is 232 g/mol. The van der Waals surface area contributed by atoms with Gasteiger partial charge in [-0.15, -0.1) is 0 Å². The van der Waals surface area contributed by atoms with E-state index in [2.05, 4.69) is 5.10 Å². The van der Waals surface area contributed by atoms with E-state index in [4.69, 9.17) is 9.84 Å². The number of benzene rings is 1. The molecule has 1 aromatic carbocycles. The minimum atomic E-state index is -0.184. The molecule has 90 valence electrons. The van der Waals surface area contributed by atoms with Gasteiger partial charge in [0.1, 0.15) is 6.10 Å². The van der Waals surface area contributed by atoms with Gasteiger partial charge in [0.15, 0.2) is 0 Å². The SMILES string of the molecule is Cn1nccc1C(OCCO)c1ccccc1. The molecule has 1 heterocycles. The van der Waals surface area contributed by atoms with E-state index in [0.717, 1.165) is 11.3 Å². The third-order valence-corrected chi connectivity index (χ3v) is 2.61. The summed E-state index contributed by atoms with van der Waals surface area (Å²) in [6.07, 6.45) is 1.56. The minimum absolute atomic E-state index is 0.0151. The molecule has 0 spiro atoms. The normalized spacial score (nSPS) is 12.6. The molecule has 0 saturated carbocycles. The van der Waals surface area contributed by atoms with E-state index in [-0.39, 0.29) is 12.7 Å². The van der Waals surface area contributed by atoms with Crippen molar-refractivity contribution < 1.29 is 9.84 Å². The smallest absolute Gasteiger partial charge is 0.124 e. The second-order valence-electron chi connectivity index (χ2n) is 3.76. The number of aliphatic hydroxyl groups is 1. The molecule has 0 radical (unpaired) electrons. The van der Waals surface area contributed by atoms with Crippen LogP contribution in [0.5, 0.6) is 0 Å². The number of hydrogen-bond donors (Lipinski definition) is 1. The summed E-state index contributed by atoms with van der Waals surface area (Å²) >= 11 is 0. The maximum atomic E-state index is 8.88. The first kappa shape index (κ1) is 11.8. The van der Waals surface area contributed by atoms with Crippen LogP contribution in [0, 0.1) is 0 Å². The quantitative estimate of drug-likeness (QED) is 0.850. The summed E-state index contributed by atoms with van der Waals surface area (Å²) in [5.41, 5.74) is 2.04. The summed E-state index contributed by atoms with van der Waals surface area (Å²) in [6.45, 7) is 0.325. The van der Waals surface area contributed by atoms with Crippen LogP contribution in [0.25, 0.3) is 0 Å². The summed E-state index contributed by atoms with van der Waals surface area (Å²) in [5, 5.41) is 13.0. The molecule has 0 aliphatic carbocycles. The molecule has 0 bridgehead atoms. The van der Waals surface area contributed by atoms with E-state index in [9.17, 15) is 0 Å². The zero-order valence-electron chi connectivity index (χ0n) is 9.78. The molecule has 0 amide bonds. The highest BCUT2D eigenvalue weighted by Crippen LogP contribution is 2.24. The topological polar surface area (TPSA) is 47.3 Å². The molecule has 0 aliphatic rings. The molecule has 0 aliphatic heterocycles. The largest absolute Gasteiger partial charge is 0.394 e. The Morgan fingerprint density at radius 3 is 2.65 bits per heavy atom. The molecule has 17 heavy (non-hydrogen) atoms. The van der Waals surface area contributed by atoms with Crippen LogP contribution in [0.4, 0.5) is 0 Å². The molecular weight excluding hydrogens is 216 g/mol. The Hall–Kier alpha value is -1.65. The van der Waals surface area contributed by atoms with Crippen molar-refractivity contribution in [2.75, 3.05) is 13.2 Å². The molecule has 1 unspecified atom stereocenters. The Morgan fingerprint density at radius 2 is 2.06 bits per heavy atom. The van der Waals surface area contributed by atoms with Gasteiger partial charge in [-0.05, 0) is 11.6 Å². The van der Waals surface area contributed by atoms with Crippen molar-refractivity contribution >= 4 is 0 Å². The number of ether oxygens (including phenoxy) is 1. The third kappa shape index (κ3) is 2.72. The molecule has 4 nitrogen and oxygen atoms in total. The van der Waals surface area contributed by atoms with Crippen molar-refractivity contribution in [3.8, 4) is 0 Å². The van der Waals surface area contributed by atoms with Crippen LogP contribution in [0.3, 0.4) is 0 Å². The zero-order valence-corrected chi connectivity index (χ0v) is 9.78. The Balaban J connectivity index is 2.29. The van der Waals surface area contributed by atoms with Crippen LogP contribution in [0.2, 0.25) is 0 Å². The Bertz CT molecular complexity index is 453. The lowest BCUT2D eigenvalue weighted by Crippen LogP contribution is -2.13. The fourth-order valence-corrected chi connectivity index (χ4v) is 1.79. The van der Waals surface area contributed by atoms with Crippen molar-refractivity contribution in [2.45, 2.75) is 6.10 Å². The second kappa shape index (κ2) is 5.61. The first-order chi connectivity index (χ1) is 8.33. The third-order valence-electron chi connectivity index (χ3n) is 2.61. The number of hydrogen-bond acceptors (Lipinski definition) is 3. The molecule has 1 aromatic heterocycles. The predicted molar refractivity (Wildman–Crippen MR) is 64.5 cm³/mol. The molecule has 2 aromatic rings. The average Bonchev–Trinajstić information content (AvgIpc) is 2.78. The highest BCUT2D eigenvalue weighted by molar-refractivity contribution is 5.25. The van der Waals surface area contributed by atoms with Crippen LogP contribution in [-0.4, -0.2) is 28.1 Å². The summed E-state index contributed by atoms with van der Waals surface area (Å²) in [6, 6.07) is 11.9. The molecule has 4 heteroatoms. The zero-order chi connectivity index (χ0) is 12.1. The first-order valence-electron chi connectivity index (χ1n) is 5.58. The van der Waals surface area contributed by atoms with Gasteiger partial charge in [0.2, 0.25) is 0 Å². The summed E-state index contributed by atoms with van der Waals surface area (Å²) in [5.74, 6) is 0. The fraction of sp³-hybridized carbons (Fsp3) is 0.308. The van der Waals surface area contributed by atoms with Crippen LogP contribution in [-0.2, 0) is 11.8 Å². The lowest BCUT2D eigenvalue weighted by atomic mass is 10.1. The van der Waals surface area contributed by atoms with E-state index in [1.165, 1.54) is 0 Å². The molecule has 1 N–H and O–H groups in total. The van der Waals surface area contributed by atoms with Gasteiger partial charge in [0.05, 0.1) is 18.9 Å². The number of rotatable bonds is 5. The van der Waals surface area contributed by atoms with E-state index in [1.807, 2.05) is 43.4 Å². The van der Waals surface area contributed by atoms with E-state index in [0.29, 0.717) is 6.61 Å². The van der Waals surface area contributed by atoms with Crippen LogP contribution >= 0.6 is 0 Å². The molecule has 2 rings (SSSR count). The van der Waals surface area contributed by atoms with Crippen LogP contribution < -0.4 is 0 Å². The van der Waals surface area contributed by atoms with Gasteiger partial charge in [-0.3, -0.25) is 4.68 Å². The number of aryl methyl sites for hydroxylation is 1. The number of aromatic nitrogens is 2. The second-order valence-corrected chi connectivity index (χ2v) is 3.76. The summed E-state index contributed by atoms with van der Waals surface area (Å²) in [7, 11) is 1.88. The van der Waals surface area contributed by atoms with Gasteiger partial charge >= 0.3 is 0 Å². The van der Waals surface area contributed by atoms with Crippen molar-refractivity contribution in [1.29, 1.82) is 0 Å². The highest BCUT2D eigenvalue weighted by atomic mass is 16.5. The molecule has 0 saturated heterocycles. The fourth-order valence-electron chi connectivity index (χ4n) is 1.79. The van der Waals surface area contributed by atoms with Crippen LogP contribution in [0.15, 0.2) is 42.6 Å². The van der Waals surface area contributed by atoms with E-state index in [1.54, 1.807) is 10.9 Å². The van der Waals surface area contributed by atoms with Crippen molar-refractivity contribution in [1.82, 2.24) is 9.78 Å². The predicted octanol–water partition coefficient (Wildman–Crippen LogP) is 1.52. The Kier molecular flexibility index (Phi) is 3.90. The van der Waals surface area contributed by atoms with Gasteiger partial charge in [0, 0.05) is 13.2 Å². The van der Waals surface area contributed by atoms with Gasteiger partial charge in [-0.2, -0.15) is 5.10 Å².